The molecule has 2 heterocycles. The summed E-state index contributed by atoms with van der Waals surface area (Å²) >= 11 is 0. The lowest BCUT2D eigenvalue weighted by atomic mass is 9.86. The number of ketones is 3. The Balaban J connectivity index is 1.40. The molecule has 0 aliphatic carbocycles. The minimum atomic E-state index is -1.56. The van der Waals surface area contributed by atoms with Crippen molar-refractivity contribution >= 4 is 63.8 Å². The monoisotopic (exact) mass is 1080 g/mol. The molecule has 77 heavy (non-hydrogen) atoms. The van der Waals surface area contributed by atoms with Gasteiger partial charge in [0.1, 0.15) is 30.5 Å². The number of aromatic amines is 1. The van der Waals surface area contributed by atoms with Crippen molar-refractivity contribution in [2.24, 2.45) is 29.6 Å². The number of rotatable bonds is 35. The molecule has 4 rings (SSSR count). The van der Waals surface area contributed by atoms with Gasteiger partial charge in [-0.25, -0.2) is 0 Å². The number of hydrogen-bond acceptors (Lipinski definition) is 14. The van der Waals surface area contributed by atoms with Gasteiger partial charge in [-0.15, -0.1) is 0 Å². The number of aliphatic hydroxyl groups excluding tert-OH is 2. The number of carboxylic acids is 1. The normalized spacial score (nSPS) is 16.2. The molecule has 2 aromatic carbocycles. The second-order valence-corrected chi connectivity index (χ2v) is 20.7. The molecule has 9 N–H and O–H groups in total. The van der Waals surface area contributed by atoms with E-state index in [4.69, 9.17) is 9.47 Å². The summed E-state index contributed by atoms with van der Waals surface area (Å²) in [6, 6.07) is 7.89. The number of aliphatic hydroxyl groups is 2. The number of carbonyl (C=O) groups excluding carboxylic acids is 8. The van der Waals surface area contributed by atoms with E-state index in [-0.39, 0.29) is 88.4 Å². The number of carboxylic acid groups (broad SMARTS) is 1. The average molecular weight is 1080 g/mol. The number of aromatic nitrogens is 1. The molecule has 0 unspecified atom stereocenters. The van der Waals surface area contributed by atoms with Gasteiger partial charge < -0.3 is 61.1 Å². The highest BCUT2D eigenvalue weighted by Gasteiger charge is 2.41. The van der Waals surface area contributed by atoms with Gasteiger partial charge in [-0.3, -0.25) is 43.2 Å². The van der Waals surface area contributed by atoms with E-state index in [1.54, 1.807) is 32.2 Å². The smallest absolute Gasteiger partial charge is 0.307 e. The van der Waals surface area contributed by atoms with Crippen LogP contribution in [-0.2, 0) is 65.5 Å². The second-order valence-electron chi connectivity index (χ2n) is 20.7. The lowest BCUT2D eigenvalue weighted by Crippen LogP contribution is -2.57. The maximum atomic E-state index is 14.2. The lowest BCUT2D eigenvalue weighted by Gasteiger charge is -2.31. The van der Waals surface area contributed by atoms with Crippen molar-refractivity contribution in [1.82, 2.24) is 31.2 Å². The molecule has 1 saturated heterocycles. The number of H-pyrrole nitrogens is 1. The number of ether oxygens (including phenoxy) is 2. The van der Waals surface area contributed by atoms with Gasteiger partial charge in [-0.05, 0) is 80.2 Å². The molecule has 1 aliphatic rings. The first-order chi connectivity index (χ1) is 36.6. The van der Waals surface area contributed by atoms with Crippen LogP contribution in [0, 0.1) is 29.6 Å². The van der Waals surface area contributed by atoms with E-state index in [0.29, 0.717) is 30.5 Å². The number of nitrogens with one attached hydrogen (secondary N) is 5. The molecular formula is C56H80N6O15. The first-order valence-corrected chi connectivity index (χ1v) is 26.7. The second kappa shape index (κ2) is 31.6. The third kappa shape index (κ3) is 20.1. The Bertz CT molecular complexity index is 2460. The standard InChI is InChI=1S/C56H80N6O15/c1-7-11-50(69)57-19-21-76-22-23-77-32-41(66)26-37(24-33(2)3)52(70)61-51(35(6)64)49(68)29-43(34(4)5)53(71)60-46(31-63)55(73)62-20-10-14-47(62)54(72)59-45(27-39-30-58-44-13-9-8-12-42(39)44)48(67)28-38(56(74)75)25-36-15-17-40(65)18-16-36/h8-9,12-13,15-18,30,33-35,37-38,43,45-47,51,58,63-65H,7,10-11,14,19-29,31-32H2,1-6H3,(H,57,69)(H,59,72)(H,60,71)(H,61,70)(H,74,75)/t35-,37-,38-,43+,45+,46+,47+,51+/m1/s1. The van der Waals surface area contributed by atoms with Crippen molar-refractivity contribution in [3.05, 3.63) is 65.9 Å². The predicted molar refractivity (Wildman–Crippen MR) is 284 cm³/mol. The summed E-state index contributed by atoms with van der Waals surface area (Å²) in [7, 11) is 0. The molecule has 0 radical (unpaired) electrons. The zero-order valence-corrected chi connectivity index (χ0v) is 45.2. The van der Waals surface area contributed by atoms with E-state index in [1.807, 2.05) is 45.0 Å². The third-order valence-corrected chi connectivity index (χ3v) is 13.6. The SMILES string of the molecule is CCCC(=O)NCCOCCOCC(=O)C[C@@H](CC(C)C)C(=O)N[C@H](C(=O)C[C@H](C(=O)N[C@@H](CO)C(=O)N1CCC[C@H]1C(=O)N[C@@H](Cc1c[nH]c2ccccc12)C(=O)C[C@@H](Cc1ccc(O)cc1)C(=O)O)C(C)C)[C@@H](C)O. The van der Waals surface area contributed by atoms with Crippen molar-refractivity contribution < 1.29 is 73.1 Å². The largest absolute Gasteiger partial charge is 0.508 e. The predicted octanol–water partition coefficient (Wildman–Crippen LogP) is 2.94. The van der Waals surface area contributed by atoms with Crippen LogP contribution < -0.4 is 21.3 Å². The van der Waals surface area contributed by atoms with Gasteiger partial charge in [0.05, 0.1) is 44.5 Å². The summed E-state index contributed by atoms with van der Waals surface area (Å²) in [6.45, 7) is 10.1. The number of aromatic hydroxyl groups is 1. The molecule has 424 valence electrons. The van der Waals surface area contributed by atoms with Crippen LogP contribution in [0.1, 0.15) is 104 Å². The van der Waals surface area contributed by atoms with Crippen molar-refractivity contribution in [1.29, 1.82) is 0 Å². The van der Waals surface area contributed by atoms with Gasteiger partial charge in [0.25, 0.3) is 0 Å². The van der Waals surface area contributed by atoms with Crippen molar-refractivity contribution in [3.63, 3.8) is 0 Å². The fourth-order valence-corrected chi connectivity index (χ4v) is 9.44. The number of fused-ring (bicyclic) bond motifs is 1. The Morgan fingerprint density at radius 2 is 1.49 bits per heavy atom. The van der Waals surface area contributed by atoms with Crippen LogP contribution in [0.25, 0.3) is 10.9 Å². The average Bonchev–Trinajstić information content (AvgIpc) is 4.06. The van der Waals surface area contributed by atoms with Crippen LogP contribution in [0.2, 0.25) is 0 Å². The van der Waals surface area contributed by atoms with Gasteiger partial charge in [0.2, 0.25) is 29.5 Å². The van der Waals surface area contributed by atoms with E-state index in [2.05, 4.69) is 26.3 Å². The van der Waals surface area contributed by atoms with Gasteiger partial charge in [-0.2, -0.15) is 0 Å². The van der Waals surface area contributed by atoms with Crippen LogP contribution in [0.5, 0.6) is 5.75 Å². The topological polar surface area (TPSA) is 320 Å². The van der Waals surface area contributed by atoms with Crippen LogP contribution in [0.3, 0.4) is 0 Å². The zero-order chi connectivity index (χ0) is 56.8. The number of likely N-dealkylation sites (tertiary alicyclic amines) is 1. The Hall–Kier alpha value is -6.55. The van der Waals surface area contributed by atoms with Gasteiger partial charge in [0, 0.05) is 74.1 Å². The van der Waals surface area contributed by atoms with Crippen molar-refractivity contribution in [2.75, 3.05) is 46.1 Å². The highest BCUT2D eigenvalue weighted by atomic mass is 16.5. The first kappa shape index (κ1) is 63.0. The Kier molecular flexibility index (Phi) is 25.9. The number of para-hydroxylation sites is 1. The number of aliphatic carboxylic acids is 1. The van der Waals surface area contributed by atoms with E-state index < -0.39 is 115 Å². The van der Waals surface area contributed by atoms with Crippen molar-refractivity contribution in [3.8, 4) is 5.75 Å². The highest BCUT2D eigenvalue weighted by Crippen LogP contribution is 2.25. The molecule has 1 fully saturated rings. The quantitative estimate of drug-likeness (QED) is 0.0383. The number of benzene rings is 2. The number of phenols is 1. The number of phenolic OH excluding ortho intramolecular Hbond substituents is 1. The molecular weight excluding hydrogens is 997 g/mol. The molecule has 3 aromatic rings. The van der Waals surface area contributed by atoms with Gasteiger partial charge in [-0.1, -0.05) is 65.0 Å². The van der Waals surface area contributed by atoms with Crippen molar-refractivity contribution in [2.45, 2.75) is 136 Å². The maximum absolute atomic E-state index is 14.2. The maximum Gasteiger partial charge on any atom is 0.307 e. The summed E-state index contributed by atoms with van der Waals surface area (Å²) in [5.74, 6) is -9.58. The van der Waals surface area contributed by atoms with Crippen LogP contribution in [0.4, 0.5) is 0 Å². The minimum Gasteiger partial charge on any atom is -0.508 e. The van der Waals surface area contributed by atoms with Gasteiger partial charge in [0.15, 0.2) is 17.3 Å². The van der Waals surface area contributed by atoms with E-state index in [9.17, 15) is 63.6 Å². The Morgan fingerprint density at radius 1 is 0.792 bits per heavy atom. The summed E-state index contributed by atoms with van der Waals surface area (Å²) in [5.41, 5.74) is 2.03. The first-order valence-electron chi connectivity index (χ1n) is 26.7. The molecule has 0 bridgehead atoms. The molecule has 1 aromatic heterocycles. The van der Waals surface area contributed by atoms with E-state index >= 15 is 0 Å². The third-order valence-electron chi connectivity index (χ3n) is 13.6. The summed E-state index contributed by atoms with van der Waals surface area (Å²) < 4.78 is 10.9. The summed E-state index contributed by atoms with van der Waals surface area (Å²) in [4.78, 5) is 126. The van der Waals surface area contributed by atoms with Crippen LogP contribution in [0.15, 0.2) is 54.7 Å². The number of nitrogens with zero attached hydrogens (tertiary/aromatic N) is 1. The fourth-order valence-electron chi connectivity index (χ4n) is 9.44. The lowest BCUT2D eigenvalue weighted by molar-refractivity contribution is -0.145. The zero-order valence-electron chi connectivity index (χ0n) is 45.2. The van der Waals surface area contributed by atoms with E-state index in [0.717, 1.165) is 17.3 Å². The highest BCUT2D eigenvalue weighted by molar-refractivity contribution is 5.98. The minimum absolute atomic E-state index is 0.00637. The van der Waals surface area contributed by atoms with E-state index in [1.165, 1.54) is 24.0 Å². The van der Waals surface area contributed by atoms with Crippen LogP contribution in [-0.4, -0.2) is 160 Å². The summed E-state index contributed by atoms with van der Waals surface area (Å²) in [6.07, 6.45) is 1.08. The molecule has 21 nitrogen and oxygen atoms in total. The number of carbonyl (C=O) groups is 9. The molecule has 5 amide bonds. The number of Topliss-reactive ketones (excluding diaryl/α,β-unsaturated/α-hetero) is 3. The number of hydrogen-bond donors (Lipinski definition) is 9. The molecule has 21 heteroatoms. The summed E-state index contributed by atoms with van der Waals surface area (Å²) in [5, 5.41) is 52.7. The molecule has 1 aliphatic heterocycles. The molecule has 0 spiro atoms. The Labute approximate surface area is 450 Å². The fraction of sp³-hybridized carbons (Fsp3) is 0.589. The molecule has 8 atom stereocenters. The molecule has 0 saturated carbocycles. The van der Waals surface area contributed by atoms with Gasteiger partial charge >= 0.3 is 5.97 Å². The Morgan fingerprint density at radius 3 is 2.14 bits per heavy atom. The number of amides is 5. The van der Waals surface area contributed by atoms with Crippen LogP contribution >= 0.6 is 0 Å².